The molecule has 0 rings (SSSR count). The molecule has 0 unspecified atom stereocenters. The van der Waals surface area contributed by atoms with Gasteiger partial charge in [-0.15, -0.1) is 11.8 Å². The van der Waals surface area contributed by atoms with Crippen LogP contribution in [0.5, 0.6) is 0 Å². The minimum absolute atomic E-state index is 0.220. The van der Waals surface area contributed by atoms with Gasteiger partial charge in [-0.2, -0.15) is 0 Å². The fourth-order valence-electron chi connectivity index (χ4n) is 0.272. The van der Waals surface area contributed by atoms with Crippen molar-refractivity contribution < 1.29 is 9.90 Å². The summed E-state index contributed by atoms with van der Waals surface area (Å²) in [6.45, 7) is 0. The molecule has 0 aromatic carbocycles. The van der Waals surface area contributed by atoms with Gasteiger partial charge in [0.25, 0.3) is 0 Å². The number of thioether (sulfide) groups is 1. The maximum Gasteiger partial charge on any atom is 0.321 e. The predicted molar refractivity (Wildman–Crippen MR) is 47.9 cm³/mol. The van der Waals surface area contributed by atoms with Gasteiger partial charge < -0.3 is 10.8 Å². The zero-order valence-electron chi connectivity index (χ0n) is 5.46. The van der Waals surface area contributed by atoms with Gasteiger partial charge in [0, 0.05) is 11.3 Å². The molecule has 0 aromatic rings. The van der Waals surface area contributed by atoms with E-state index in [2.05, 4.69) is 0 Å². The van der Waals surface area contributed by atoms with Crippen molar-refractivity contribution in [3.05, 3.63) is 9.90 Å². The number of carboxylic acid groups (broad SMARTS) is 1. The molecule has 0 bridgehead atoms. The summed E-state index contributed by atoms with van der Waals surface area (Å²) >= 11 is 11.8. The van der Waals surface area contributed by atoms with E-state index in [1.807, 2.05) is 0 Å². The van der Waals surface area contributed by atoms with E-state index >= 15 is 0 Å². The van der Waals surface area contributed by atoms with Crippen LogP contribution in [-0.4, -0.2) is 22.9 Å². The lowest BCUT2D eigenvalue weighted by atomic mass is 10.4. The van der Waals surface area contributed by atoms with E-state index < -0.39 is 12.0 Å². The van der Waals surface area contributed by atoms with Gasteiger partial charge in [0.05, 0.1) is 4.36 Å². The van der Waals surface area contributed by atoms with Crippen molar-refractivity contribution in [3.63, 3.8) is 0 Å². The third-order valence-corrected chi connectivity index (χ3v) is 2.62. The Labute approximate surface area is 78.5 Å². The monoisotopic (exact) mass is 215 g/mol. The van der Waals surface area contributed by atoms with Crippen LogP contribution < -0.4 is 5.73 Å². The fourth-order valence-corrected chi connectivity index (χ4v) is 1.19. The molecule has 0 aliphatic heterocycles. The number of carbonyl (C=O) groups is 1. The summed E-state index contributed by atoms with van der Waals surface area (Å²) in [6.07, 6.45) is 0. The molecule has 0 aliphatic carbocycles. The molecule has 0 aromatic heterocycles. The maximum atomic E-state index is 10.2. The molecule has 0 spiro atoms. The normalized spacial score (nSPS) is 14.6. The number of hydrogen-bond donors (Lipinski definition) is 2. The van der Waals surface area contributed by atoms with E-state index in [4.69, 9.17) is 34.0 Å². The number of halogens is 2. The van der Waals surface area contributed by atoms with Gasteiger partial charge in [0.2, 0.25) is 0 Å². The molecule has 0 heterocycles. The topological polar surface area (TPSA) is 63.3 Å². The Hall–Kier alpha value is 0.1000. The van der Waals surface area contributed by atoms with Crippen LogP contribution in [0.1, 0.15) is 0 Å². The molecule has 0 saturated carbocycles. The van der Waals surface area contributed by atoms with Crippen molar-refractivity contribution in [2.24, 2.45) is 5.73 Å². The summed E-state index contributed by atoms with van der Waals surface area (Å²) in [7, 11) is 0. The van der Waals surface area contributed by atoms with Crippen LogP contribution in [0.4, 0.5) is 0 Å². The third kappa shape index (κ3) is 5.38. The molecule has 64 valence electrons. The molecule has 11 heavy (non-hydrogen) atoms. The Morgan fingerprint density at radius 2 is 2.36 bits per heavy atom. The standard InChI is InChI=1S/C5H7Cl2NO2S/c6-1-4(7)11-2-3(8)5(9)10/h1,3H,2,8H2,(H,9,10)/t3-/m1/s1. The summed E-state index contributed by atoms with van der Waals surface area (Å²) < 4.78 is 0.336. The van der Waals surface area contributed by atoms with Crippen LogP contribution in [0.2, 0.25) is 0 Å². The second-order valence-corrected chi connectivity index (χ2v) is 3.58. The van der Waals surface area contributed by atoms with Crippen LogP contribution in [0, 0.1) is 0 Å². The first-order valence-corrected chi connectivity index (χ1v) is 4.45. The molecule has 0 fully saturated rings. The number of nitrogens with two attached hydrogens (primary N) is 1. The minimum Gasteiger partial charge on any atom is -0.480 e. The molecule has 3 nitrogen and oxygen atoms in total. The average Bonchev–Trinajstić information content (AvgIpc) is 1.99. The van der Waals surface area contributed by atoms with E-state index in [1.54, 1.807) is 0 Å². The zero-order chi connectivity index (χ0) is 8.85. The fraction of sp³-hybridized carbons (Fsp3) is 0.400. The van der Waals surface area contributed by atoms with Gasteiger partial charge in [-0.05, 0) is 0 Å². The van der Waals surface area contributed by atoms with Crippen molar-refractivity contribution in [2.45, 2.75) is 6.04 Å². The van der Waals surface area contributed by atoms with Crippen LogP contribution in [0.15, 0.2) is 9.90 Å². The number of aliphatic carboxylic acids is 1. The smallest absolute Gasteiger partial charge is 0.321 e. The minimum atomic E-state index is -1.04. The van der Waals surface area contributed by atoms with Gasteiger partial charge in [-0.25, -0.2) is 0 Å². The van der Waals surface area contributed by atoms with Gasteiger partial charge in [-0.3, -0.25) is 4.79 Å². The Kier molecular flexibility index (Phi) is 5.76. The number of hydrogen-bond acceptors (Lipinski definition) is 3. The quantitative estimate of drug-likeness (QED) is 0.745. The summed E-state index contributed by atoms with van der Waals surface area (Å²) in [4.78, 5) is 10.2. The second kappa shape index (κ2) is 5.71. The molecule has 0 amide bonds. The summed E-state index contributed by atoms with van der Waals surface area (Å²) in [5.74, 6) is -0.825. The van der Waals surface area contributed by atoms with Crippen molar-refractivity contribution in [1.82, 2.24) is 0 Å². The van der Waals surface area contributed by atoms with Crippen molar-refractivity contribution in [3.8, 4) is 0 Å². The van der Waals surface area contributed by atoms with Gasteiger partial charge in [0.1, 0.15) is 6.04 Å². The predicted octanol–water partition coefficient (Wildman–Crippen LogP) is 1.41. The zero-order valence-corrected chi connectivity index (χ0v) is 7.79. The summed E-state index contributed by atoms with van der Waals surface area (Å²) in [5.41, 5.74) is 6.34. The first kappa shape index (κ1) is 11.1. The van der Waals surface area contributed by atoms with E-state index in [9.17, 15) is 4.79 Å². The molecule has 1 atom stereocenters. The Morgan fingerprint density at radius 1 is 1.82 bits per heavy atom. The lowest BCUT2D eigenvalue weighted by Crippen LogP contribution is -2.32. The van der Waals surface area contributed by atoms with E-state index in [0.29, 0.717) is 4.36 Å². The van der Waals surface area contributed by atoms with Gasteiger partial charge in [-0.1, -0.05) is 23.2 Å². The average molecular weight is 216 g/mol. The van der Waals surface area contributed by atoms with E-state index in [0.717, 1.165) is 11.8 Å². The van der Waals surface area contributed by atoms with Gasteiger partial charge >= 0.3 is 5.97 Å². The Bertz CT molecular complexity index is 174. The third-order valence-electron chi connectivity index (χ3n) is 0.804. The first-order valence-electron chi connectivity index (χ1n) is 2.65. The highest BCUT2D eigenvalue weighted by molar-refractivity contribution is 8.04. The molecule has 6 heteroatoms. The number of rotatable bonds is 4. The van der Waals surface area contributed by atoms with E-state index in [1.165, 1.54) is 5.54 Å². The van der Waals surface area contributed by atoms with Gasteiger partial charge in [0.15, 0.2) is 0 Å². The molecular formula is C5H7Cl2NO2S. The highest BCUT2D eigenvalue weighted by Gasteiger charge is 2.11. The Balaban J connectivity index is 3.62. The lowest BCUT2D eigenvalue weighted by Gasteiger charge is -2.03. The van der Waals surface area contributed by atoms with Crippen LogP contribution >= 0.6 is 35.0 Å². The molecule has 0 radical (unpaired) electrons. The molecule has 0 aliphatic rings. The Morgan fingerprint density at radius 3 is 2.73 bits per heavy atom. The highest BCUT2D eigenvalue weighted by Crippen LogP contribution is 2.20. The molecule has 0 saturated heterocycles. The van der Waals surface area contributed by atoms with Crippen molar-refractivity contribution in [1.29, 1.82) is 0 Å². The van der Waals surface area contributed by atoms with E-state index in [-0.39, 0.29) is 5.75 Å². The van der Waals surface area contributed by atoms with Crippen molar-refractivity contribution >= 4 is 40.9 Å². The summed E-state index contributed by atoms with van der Waals surface area (Å²) in [5, 5.41) is 8.33. The van der Waals surface area contributed by atoms with Crippen LogP contribution in [-0.2, 0) is 4.79 Å². The van der Waals surface area contributed by atoms with Crippen LogP contribution in [0.3, 0.4) is 0 Å². The lowest BCUT2D eigenvalue weighted by molar-refractivity contribution is -0.137. The first-order chi connectivity index (χ1) is 5.07. The van der Waals surface area contributed by atoms with Crippen LogP contribution in [0.25, 0.3) is 0 Å². The van der Waals surface area contributed by atoms with Crippen molar-refractivity contribution in [2.75, 3.05) is 5.75 Å². The summed E-state index contributed by atoms with van der Waals surface area (Å²) in [6, 6.07) is -0.898. The molecule has 3 N–H and O–H groups in total. The highest BCUT2D eigenvalue weighted by atomic mass is 35.5. The molecular weight excluding hydrogens is 209 g/mol. The maximum absolute atomic E-state index is 10.2. The number of carboxylic acids is 1. The second-order valence-electron chi connectivity index (χ2n) is 1.67. The largest absolute Gasteiger partial charge is 0.480 e. The SMILES string of the molecule is N[C@H](CSC(Cl)=CCl)C(=O)O.